The molecule has 1 aromatic carbocycles. The molecule has 3 rings (SSSR count). The van der Waals surface area contributed by atoms with E-state index in [0.29, 0.717) is 12.6 Å². The Kier molecular flexibility index (Phi) is 8.48. The van der Waals surface area contributed by atoms with Gasteiger partial charge in [-0.05, 0) is 36.9 Å². The number of likely N-dealkylation sites (N-methyl/N-ethyl adjacent to an activating group) is 1. The summed E-state index contributed by atoms with van der Waals surface area (Å²) in [4.78, 5) is 18.3. The van der Waals surface area contributed by atoms with Crippen molar-refractivity contribution in [3.8, 4) is 0 Å². The van der Waals surface area contributed by atoms with Gasteiger partial charge in [-0.2, -0.15) is 0 Å². The number of hydrogen-bond acceptors (Lipinski definition) is 5. The Balaban J connectivity index is 1.42. The predicted octanol–water partition coefficient (Wildman–Crippen LogP) is 2.80. The van der Waals surface area contributed by atoms with E-state index >= 15 is 0 Å². The smallest absolute Gasteiger partial charge is 0.234 e. The van der Waals surface area contributed by atoms with Gasteiger partial charge in [0.2, 0.25) is 5.91 Å². The van der Waals surface area contributed by atoms with Crippen LogP contribution in [0.1, 0.15) is 22.9 Å². The van der Waals surface area contributed by atoms with E-state index in [-0.39, 0.29) is 5.91 Å². The molecule has 1 N–H and O–H groups in total. The molecule has 1 aromatic heterocycles. The second kappa shape index (κ2) is 11.3. The molecular formula is C22H31N3O2S. The fourth-order valence-corrected chi connectivity index (χ4v) is 4.43. The van der Waals surface area contributed by atoms with Crippen molar-refractivity contribution in [2.75, 3.05) is 53.0 Å². The molecule has 6 heteroatoms. The van der Waals surface area contributed by atoms with Gasteiger partial charge < -0.3 is 10.1 Å². The van der Waals surface area contributed by atoms with Gasteiger partial charge in [0.05, 0.1) is 25.8 Å². The number of benzene rings is 1. The summed E-state index contributed by atoms with van der Waals surface area (Å²) in [5.41, 5.74) is 1.32. The highest BCUT2D eigenvalue weighted by molar-refractivity contribution is 7.10. The number of thiophene rings is 1. The molecule has 0 radical (unpaired) electrons. The zero-order valence-corrected chi connectivity index (χ0v) is 17.5. The number of nitrogens with one attached hydrogen (secondary N) is 1. The summed E-state index contributed by atoms with van der Waals surface area (Å²) in [6.45, 7) is 5.46. The van der Waals surface area contributed by atoms with Gasteiger partial charge in [0.25, 0.3) is 0 Å². The van der Waals surface area contributed by atoms with Crippen LogP contribution in [-0.2, 0) is 16.0 Å². The average molecular weight is 402 g/mol. The quantitative estimate of drug-likeness (QED) is 0.622. The van der Waals surface area contributed by atoms with E-state index in [2.05, 4.69) is 56.9 Å². The van der Waals surface area contributed by atoms with E-state index in [1.165, 1.54) is 10.4 Å². The van der Waals surface area contributed by atoms with Crippen molar-refractivity contribution >= 4 is 17.2 Å². The molecule has 0 saturated carbocycles. The number of ether oxygens (including phenoxy) is 1. The number of hydrogen-bond donors (Lipinski definition) is 1. The number of carbonyl (C=O) groups is 1. The molecule has 0 aliphatic carbocycles. The first-order valence-electron chi connectivity index (χ1n) is 10.1. The van der Waals surface area contributed by atoms with Crippen molar-refractivity contribution < 1.29 is 9.53 Å². The molecule has 0 spiro atoms. The van der Waals surface area contributed by atoms with Crippen molar-refractivity contribution in [2.24, 2.45) is 0 Å². The molecule has 1 aliphatic heterocycles. The minimum Gasteiger partial charge on any atom is -0.379 e. The van der Waals surface area contributed by atoms with E-state index in [1.807, 2.05) is 13.1 Å². The van der Waals surface area contributed by atoms with Gasteiger partial charge in [-0.1, -0.05) is 36.4 Å². The van der Waals surface area contributed by atoms with Crippen molar-refractivity contribution in [1.29, 1.82) is 0 Å². The van der Waals surface area contributed by atoms with Crippen LogP contribution in [0.3, 0.4) is 0 Å². The molecule has 1 atom stereocenters. The predicted molar refractivity (Wildman–Crippen MR) is 115 cm³/mol. The van der Waals surface area contributed by atoms with Crippen molar-refractivity contribution in [3.63, 3.8) is 0 Å². The molecule has 1 unspecified atom stereocenters. The summed E-state index contributed by atoms with van der Waals surface area (Å²) in [7, 11) is 2.03. The van der Waals surface area contributed by atoms with Crippen LogP contribution >= 0.6 is 11.3 Å². The third-order valence-electron chi connectivity index (χ3n) is 5.06. The van der Waals surface area contributed by atoms with E-state index in [9.17, 15) is 4.79 Å². The van der Waals surface area contributed by atoms with E-state index < -0.39 is 0 Å². The van der Waals surface area contributed by atoms with Gasteiger partial charge in [0.15, 0.2) is 0 Å². The fraction of sp³-hybridized carbons (Fsp3) is 0.500. The summed E-state index contributed by atoms with van der Waals surface area (Å²) in [6, 6.07) is 15.0. The molecule has 1 saturated heterocycles. The first-order valence-corrected chi connectivity index (χ1v) is 10.9. The molecular weight excluding hydrogens is 370 g/mol. The Morgan fingerprint density at radius 3 is 2.71 bits per heavy atom. The second-order valence-electron chi connectivity index (χ2n) is 7.32. The highest BCUT2D eigenvalue weighted by Crippen LogP contribution is 2.26. The largest absolute Gasteiger partial charge is 0.379 e. The Hall–Kier alpha value is -1.73. The molecule has 152 valence electrons. The standard InChI is InChI=1S/C22H31N3O2S/c1-24(18-22(26)23-11-5-9-19-7-3-2-4-8-19)17-20(21-10-6-16-28-21)25-12-14-27-15-13-25/h2-4,6-8,10,16,20H,5,9,11-15,17-18H2,1H3,(H,23,26). The van der Waals surface area contributed by atoms with Gasteiger partial charge in [0, 0.05) is 31.1 Å². The van der Waals surface area contributed by atoms with E-state index in [1.54, 1.807) is 11.3 Å². The number of aryl methyl sites for hydroxylation is 1. The first-order chi connectivity index (χ1) is 13.7. The number of nitrogens with zero attached hydrogens (tertiary/aromatic N) is 2. The van der Waals surface area contributed by atoms with Crippen LogP contribution < -0.4 is 5.32 Å². The van der Waals surface area contributed by atoms with E-state index in [0.717, 1.165) is 52.2 Å². The zero-order valence-electron chi connectivity index (χ0n) is 16.7. The fourth-order valence-electron chi connectivity index (χ4n) is 3.58. The maximum absolute atomic E-state index is 12.3. The molecule has 28 heavy (non-hydrogen) atoms. The number of rotatable bonds is 10. The molecule has 0 bridgehead atoms. The highest BCUT2D eigenvalue weighted by Gasteiger charge is 2.25. The van der Waals surface area contributed by atoms with Crippen LogP contribution in [0.2, 0.25) is 0 Å². The number of carbonyl (C=O) groups excluding carboxylic acids is 1. The summed E-state index contributed by atoms with van der Waals surface area (Å²) < 4.78 is 5.51. The Morgan fingerprint density at radius 1 is 1.21 bits per heavy atom. The minimum atomic E-state index is 0.0995. The second-order valence-corrected chi connectivity index (χ2v) is 8.29. The van der Waals surface area contributed by atoms with Crippen LogP contribution in [0.5, 0.6) is 0 Å². The number of morpholine rings is 1. The van der Waals surface area contributed by atoms with Crippen molar-refractivity contribution in [2.45, 2.75) is 18.9 Å². The first kappa shape index (κ1) is 21.0. The summed E-state index contributed by atoms with van der Waals surface area (Å²) in [5, 5.41) is 5.19. The monoisotopic (exact) mass is 401 g/mol. The lowest BCUT2D eigenvalue weighted by Gasteiger charge is -2.36. The third-order valence-corrected chi connectivity index (χ3v) is 6.04. The lowest BCUT2D eigenvalue weighted by molar-refractivity contribution is -0.122. The number of amides is 1. The maximum Gasteiger partial charge on any atom is 0.234 e. The maximum atomic E-state index is 12.3. The summed E-state index contributed by atoms with van der Waals surface area (Å²) in [5.74, 6) is 0.0995. The summed E-state index contributed by atoms with van der Waals surface area (Å²) >= 11 is 1.79. The SMILES string of the molecule is CN(CC(=O)NCCCc1ccccc1)CC(c1cccs1)N1CCOCC1. The topological polar surface area (TPSA) is 44.8 Å². The van der Waals surface area contributed by atoms with Crippen LogP contribution in [0.15, 0.2) is 47.8 Å². The molecule has 2 heterocycles. The minimum absolute atomic E-state index is 0.0995. The van der Waals surface area contributed by atoms with Gasteiger partial charge in [-0.3, -0.25) is 14.6 Å². The normalized spacial score (nSPS) is 16.2. The molecule has 1 aliphatic rings. The molecule has 1 fully saturated rings. The van der Waals surface area contributed by atoms with Gasteiger partial charge >= 0.3 is 0 Å². The van der Waals surface area contributed by atoms with Gasteiger partial charge in [0.1, 0.15) is 0 Å². The molecule has 5 nitrogen and oxygen atoms in total. The lowest BCUT2D eigenvalue weighted by Crippen LogP contribution is -2.44. The highest BCUT2D eigenvalue weighted by atomic mass is 32.1. The van der Waals surface area contributed by atoms with Crippen molar-refractivity contribution in [3.05, 3.63) is 58.3 Å². The van der Waals surface area contributed by atoms with Gasteiger partial charge in [-0.15, -0.1) is 11.3 Å². The van der Waals surface area contributed by atoms with Crippen LogP contribution in [0, 0.1) is 0 Å². The molecule has 1 amide bonds. The van der Waals surface area contributed by atoms with Crippen LogP contribution in [0.25, 0.3) is 0 Å². The third kappa shape index (κ3) is 6.71. The Labute approximate surface area is 172 Å². The molecule has 2 aromatic rings. The Bertz CT molecular complexity index is 687. The summed E-state index contributed by atoms with van der Waals surface area (Å²) in [6.07, 6.45) is 1.96. The lowest BCUT2D eigenvalue weighted by atomic mass is 10.1. The van der Waals surface area contributed by atoms with Crippen LogP contribution in [-0.4, -0.2) is 68.7 Å². The Morgan fingerprint density at radius 2 is 2.00 bits per heavy atom. The van der Waals surface area contributed by atoms with E-state index in [4.69, 9.17) is 4.74 Å². The zero-order chi connectivity index (χ0) is 19.6. The van der Waals surface area contributed by atoms with Crippen LogP contribution in [0.4, 0.5) is 0 Å². The van der Waals surface area contributed by atoms with Gasteiger partial charge in [-0.25, -0.2) is 0 Å². The average Bonchev–Trinajstić information content (AvgIpc) is 3.25. The van der Waals surface area contributed by atoms with Crippen molar-refractivity contribution in [1.82, 2.24) is 15.1 Å².